The molecule has 0 spiro atoms. The first-order valence-electron chi connectivity index (χ1n) is 10.3. The fraction of sp³-hybridized carbons (Fsp3) is 0.167. The van der Waals surface area contributed by atoms with Crippen LogP contribution in [0, 0.1) is 0 Å². The van der Waals surface area contributed by atoms with Gasteiger partial charge in [0.25, 0.3) is 11.8 Å². The molecule has 0 aliphatic carbocycles. The van der Waals surface area contributed by atoms with Gasteiger partial charge in [0.2, 0.25) is 0 Å². The lowest BCUT2D eigenvalue weighted by atomic mass is 10.1. The quantitative estimate of drug-likeness (QED) is 0.448. The normalized spacial score (nSPS) is 10.7. The summed E-state index contributed by atoms with van der Waals surface area (Å²) in [7, 11) is 0. The predicted molar refractivity (Wildman–Crippen MR) is 118 cm³/mol. The minimum absolute atomic E-state index is 0.209. The molecule has 0 unspecified atom stereocenters. The lowest BCUT2D eigenvalue weighted by Gasteiger charge is -2.09. The Labute approximate surface area is 185 Å². The van der Waals surface area contributed by atoms with Gasteiger partial charge in [-0.2, -0.15) is 5.10 Å². The van der Waals surface area contributed by atoms with Crippen molar-refractivity contribution < 1.29 is 14.0 Å². The fourth-order valence-electron chi connectivity index (χ4n) is 3.36. The number of carbonyl (C=O) groups excluding carboxylic acids is 2. The number of nitrogens with zero attached hydrogens (tertiary/aromatic N) is 3. The highest BCUT2D eigenvalue weighted by Gasteiger charge is 2.17. The molecule has 0 radical (unpaired) electrons. The van der Waals surface area contributed by atoms with Gasteiger partial charge in [0.05, 0.1) is 30.3 Å². The second kappa shape index (κ2) is 9.74. The van der Waals surface area contributed by atoms with Crippen LogP contribution >= 0.6 is 0 Å². The molecule has 0 fully saturated rings. The highest BCUT2D eigenvalue weighted by atomic mass is 16.3. The van der Waals surface area contributed by atoms with Crippen LogP contribution in [-0.4, -0.2) is 26.6 Å². The Morgan fingerprint density at radius 3 is 2.62 bits per heavy atom. The number of amides is 2. The molecule has 1 aromatic carbocycles. The van der Waals surface area contributed by atoms with Crippen LogP contribution in [0.1, 0.15) is 44.7 Å². The zero-order valence-electron chi connectivity index (χ0n) is 17.6. The van der Waals surface area contributed by atoms with Crippen LogP contribution in [0.25, 0.3) is 5.82 Å². The molecule has 3 aromatic heterocycles. The number of carbonyl (C=O) groups is 2. The number of aromatic nitrogens is 3. The lowest BCUT2D eigenvalue weighted by Crippen LogP contribution is -2.25. The van der Waals surface area contributed by atoms with E-state index in [0.29, 0.717) is 35.7 Å². The molecular formula is C24H23N5O3. The summed E-state index contributed by atoms with van der Waals surface area (Å²) in [5.74, 6) is 0.910. The molecule has 4 rings (SSSR count). The maximum atomic E-state index is 12.8. The fourth-order valence-corrected chi connectivity index (χ4v) is 3.36. The minimum Gasteiger partial charge on any atom is -0.467 e. The van der Waals surface area contributed by atoms with Crippen LogP contribution < -0.4 is 10.6 Å². The molecule has 0 saturated heterocycles. The van der Waals surface area contributed by atoms with Crippen LogP contribution in [0.5, 0.6) is 0 Å². The Hall–Kier alpha value is -4.20. The van der Waals surface area contributed by atoms with E-state index in [2.05, 4.69) is 20.7 Å². The van der Waals surface area contributed by atoms with E-state index < -0.39 is 0 Å². The largest absolute Gasteiger partial charge is 0.467 e. The highest BCUT2D eigenvalue weighted by molar-refractivity contribution is 5.95. The molecule has 32 heavy (non-hydrogen) atoms. The van der Waals surface area contributed by atoms with E-state index in [0.717, 1.165) is 11.3 Å². The third kappa shape index (κ3) is 4.75. The van der Waals surface area contributed by atoms with Crippen molar-refractivity contribution in [2.75, 3.05) is 0 Å². The maximum absolute atomic E-state index is 12.8. The molecule has 8 nitrogen and oxygen atoms in total. The first-order valence-corrected chi connectivity index (χ1v) is 10.3. The van der Waals surface area contributed by atoms with Crippen LogP contribution in [-0.2, 0) is 19.5 Å². The summed E-state index contributed by atoms with van der Waals surface area (Å²) in [4.78, 5) is 29.5. The minimum atomic E-state index is -0.225. The molecule has 2 amide bonds. The summed E-state index contributed by atoms with van der Waals surface area (Å²) in [5.41, 5.74) is 2.62. The topological polar surface area (TPSA) is 102 Å². The van der Waals surface area contributed by atoms with Crippen molar-refractivity contribution in [3.8, 4) is 5.82 Å². The van der Waals surface area contributed by atoms with Crippen molar-refractivity contribution in [1.82, 2.24) is 25.4 Å². The SMILES string of the molecule is CCc1c(C(=O)NCc2cccc(C(=O)NCc3ccco3)c2)cnn1-c1ccccn1. The number of furan rings is 1. The van der Waals surface area contributed by atoms with Gasteiger partial charge >= 0.3 is 0 Å². The molecule has 2 N–H and O–H groups in total. The van der Waals surface area contributed by atoms with Gasteiger partial charge < -0.3 is 15.1 Å². The molecular weight excluding hydrogens is 406 g/mol. The van der Waals surface area contributed by atoms with Crippen LogP contribution in [0.2, 0.25) is 0 Å². The van der Waals surface area contributed by atoms with Crippen molar-refractivity contribution >= 4 is 11.8 Å². The van der Waals surface area contributed by atoms with E-state index >= 15 is 0 Å². The number of rotatable bonds is 8. The van der Waals surface area contributed by atoms with Crippen LogP contribution in [0.15, 0.2) is 77.7 Å². The number of pyridine rings is 1. The summed E-state index contributed by atoms with van der Waals surface area (Å²) in [6, 6.07) is 16.3. The monoisotopic (exact) mass is 429 g/mol. The summed E-state index contributed by atoms with van der Waals surface area (Å²) in [5, 5.41) is 10.1. The number of hydrogen-bond acceptors (Lipinski definition) is 5. The second-order valence-corrected chi connectivity index (χ2v) is 7.10. The van der Waals surface area contributed by atoms with Gasteiger partial charge in [-0.1, -0.05) is 25.1 Å². The molecule has 4 aromatic rings. The van der Waals surface area contributed by atoms with Gasteiger partial charge in [-0.25, -0.2) is 9.67 Å². The molecule has 0 bridgehead atoms. The molecule has 162 valence electrons. The first-order chi connectivity index (χ1) is 15.7. The van der Waals surface area contributed by atoms with Crippen molar-refractivity contribution in [2.24, 2.45) is 0 Å². The standard InChI is InChI=1S/C24H23N5O3/c1-2-21-20(16-28-29(21)22-10-3-4-11-25-22)24(31)26-14-17-7-5-8-18(13-17)23(30)27-15-19-9-6-12-32-19/h3-13,16H,2,14-15H2,1H3,(H,26,31)(H,27,30). The Balaban J connectivity index is 1.41. The Morgan fingerprint density at radius 2 is 1.88 bits per heavy atom. The number of nitrogens with one attached hydrogen (secondary N) is 2. The predicted octanol–water partition coefficient (Wildman–Crippen LogP) is 3.28. The highest BCUT2D eigenvalue weighted by Crippen LogP contribution is 2.15. The van der Waals surface area contributed by atoms with Crippen molar-refractivity contribution in [3.05, 3.63) is 101 Å². The first kappa shape index (κ1) is 21.0. The maximum Gasteiger partial charge on any atom is 0.255 e. The van der Waals surface area contributed by atoms with E-state index in [1.807, 2.05) is 31.2 Å². The van der Waals surface area contributed by atoms with Crippen LogP contribution in [0.3, 0.4) is 0 Å². The summed E-state index contributed by atoms with van der Waals surface area (Å²) in [6.07, 6.45) is 5.44. The summed E-state index contributed by atoms with van der Waals surface area (Å²) in [6.45, 7) is 2.57. The summed E-state index contributed by atoms with van der Waals surface area (Å²) < 4.78 is 6.91. The average Bonchev–Trinajstić information content (AvgIpc) is 3.51. The molecule has 0 aliphatic rings. The van der Waals surface area contributed by atoms with Gasteiger partial charge in [0, 0.05) is 18.3 Å². The zero-order chi connectivity index (χ0) is 22.3. The number of hydrogen-bond donors (Lipinski definition) is 2. The van der Waals surface area contributed by atoms with Gasteiger partial charge in [-0.3, -0.25) is 9.59 Å². The van der Waals surface area contributed by atoms with Gasteiger partial charge in [0.15, 0.2) is 5.82 Å². The zero-order valence-corrected chi connectivity index (χ0v) is 17.6. The van der Waals surface area contributed by atoms with Gasteiger partial charge in [0.1, 0.15) is 5.76 Å². The van der Waals surface area contributed by atoms with Crippen molar-refractivity contribution in [2.45, 2.75) is 26.4 Å². The second-order valence-electron chi connectivity index (χ2n) is 7.10. The Bertz CT molecular complexity index is 1200. The van der Waals surface area contributed by atoms with E-state index in [1.54, 1.807) is 53.7 Å². The van der Waals surface area contributed by atoms with E-state index in [1.165, 1.54) is 0 Å². The van der Waals surface area contributed by atoms with Gasteiger partial charge in [-0.15, -0.1) is 0 Å². The van der Waals surface area contributed by atoms with Crippen molar-refractivity contribution in [1.29, 1.82) is 0 Å². The van der Waals surface area contributed by atoms with Crippen molar-refractivity contribution in [3.63, 3.8) is 0 Å². The lowest BCUT2D eigenvalue weighted by molar-refractivity contribution is 0.0943. The molecule has 3 heterocycles. The molecule has 0 atom stereocenters. The average molecular weight is 429 g/mol. The third-order valence-electron chi connectivity index (χ3n) is 4.96. The summed E-state index contributed by atoms with van der Waals surface area (Å²) >= 11 is 0. The Morgan fingerprint density at radius 1 is 1.00 bits per heavy atom. The third-order valence-corrected chi connectivity index (χ3v) is 4.96. The molecule has 0 saturated carbocycles. The molecule has 8 heteroatoms. The van der Waals surface area contributed by atoms with Crippen LogP contribution in [0.4, 0.5) is 0 Å². The number of benzene rings is 1. The van der Waals surface area contributed by atoms with E-state index in [9.17, 15) is 9.59 Å². The van der Waals surface area contributed by atoms with E-state index in [4.69, 9.17) is 4.42 Å². The Kier molecular flexibility index (Phi) is 6.41. The smallest absolute Gasteiger partial charge is 0.255 e. The van der Waals surface area contributed by atoms with Gasteiger partial charge in [-0.05, 0) is 48.4 Å². The van der Waals surface area contributed by atoms with E-state index in [-0.39, 0.29) is 18.4 Å². The molecule has 0 aliphatic heterocycles.